The molecule has 182 valence electrons. The molecule has 1 aromatic carbocycles. The van der Waals surface area contributed by atoms with E-state index in [2.05, 4.69) is 10.3 Å². The Morgan fingerprint density at radius 2 is 1.85 bits per heavy atom. The van der Waals surface area contributed by atoms with Crippen molar-refractivity contribution in [3.63, 3.8) is 0 Å². The number of hydrogen-bond acceptors (Lipinski definition) is 9. The molecule has 3 aromatic rings. The second-order valence-corrected chi connectivity index (χ2v) is 10.7. The maximum absolute atomic E-state index is 12.9. The molecule has 0 saturated heterocycles. The average Bonchev–Trinajstić information content (AvgIpc) is 3.11. The molecule has 0 fully saturated rings. The van der Waals surface area contributed by atoms with Crippen molar-refractivity contribution in [2.75, 3.05) is 24.1 Å². The highest BCUT2D eigenvalue weighted by molar-refractivity contribution is 7.90. The van der Waals surface area contributed by atoms with Crippen molar-refractivity contribution in [1.82, 2.24) is 9.55 Å². The first-order valence-corrected chi connectivity index (χ1v) is 12.5. The molecule has 0 saturated carbocycles. The van der Waals surface area contributed by atoms with Gasteiger partial charge in [0.1, 0.15) is 22.9 Å². The van der Waals surface area contributed by atoms with Crippen LogP contribution in [0.15, 0.2) is 42.6 Å². The third-order valence-electron chi connectivity index (χ3n) is 4.33. The number of sulfone groups is 1. The Hall–Kier alpha value is -3.60. The van der Waals surface area contributed by atoms with Gasteiger partial charge in [-0.25, -0.2) is 27.6 Å². The number of pyridine rings is 1. The number of anilines is 1. The second kappa shape index (κ2) is 9.72. The molecule has 0 radical (unpaired) electrons. The number of benzene rings is 1. The van der Waals surface area contributed by atoms with Crippen LogP contribution in [0, 0.1) is 0 Å². The number of nitrogens with zero attached hydrogens (tertiary/aromatic N) is 2. The van der Waals surface area contributed by atoms with E-state index < -0.39 is 27.5 Å². The SMILES string of the molecule is CCOC(=O)c1cc2ccc(Oc3ccc(NCS(C)(=O)=O)cn3)cc2n1C(=O)OC(C)(C)C. The highest BCUT2D eigenvalue weighted by Crippen LogP contribution is 2.29. The zero-order valence-corrected chi connectivity index (χ0v) is 20.4. The van der Waals surface area contributed by atoms with Crippen LogP contribution < -0.4 is 10.1 Å². The molecule has 0 unspecified atom stereocenters. The van der Waals surface area contributed by atoms with Gasteiger partial charge in [0.15, 0.2) is 9.84 Å². The highest BCUT2D eigenvalue weighted by atomic mass is 32.2. The number of carbonyl (C=O) groups is 2. The summed E-state index contributed by atoms with van der Waals surface area (Å²) in [5.74, 6) is -0.234. The van der Waals surface area contributed by atoms with Gasteiger partial charge < -0.3 is 19.5 Å². The van der Waals surface area contributed by atoms with Gasteiger partial charge in [-0.15, -0.1) is 0 Å². The van der Waals surface area contributed by atoms with Crippen LogP contribution in [-0.4, -0.2) is 54.4 Å². The molecule has 0 spiro atoms. The molecule has 34 heavy (non-hydrogen) atoms. The number of rotatable bonds is 7. The third kappa shape index (κ3) is 6.47. The minimum atomic E-state index is -3.18. The summed E-state index contributed by atoms with van der Waals surface area (Å²) in [6.45, 7) is 7.03. The van der Waals surface area contributed by atoms with Gasteiger partial charge in [0, 0.05) is 23.8 Å². The summed E-state index contributed by atoms with van der Waals surface area (Å²) in [4.78, 5) is 29.6. The Bertz CT molecular complexity index is 1310. The van der Waals surface area contributed by atoms with E-state index in [1.807, 2.05) is 0 Å². The van der Waals surface area contributed by atoms with Crippen LogP contribution >= 0.6 is 0 Å². The summed E-state index contributed by atoms with van der Waals surface area (Å²) < 4.78 is 40.1. The van der Waals surface area contributed by atoms with Crippen molar-refractivity contribution in [3.8, 4) is 11.6 Å². The fourth-order valence-electron chi connectivity index (χ4n) is 2.98. The predicted octanol–water partition coefficient (Wildman–Crippen LogP) is 4.20. The normalized spacial score (nSPS) is 11.8. The molecular formula is C23H27N3O7S. The minimum Gasteiger partial charge on any atom is -0.461 e. The van der Waals surface area contributed by atoms with E-state index >= 15 is 0 Å². The number of nitrogens with one attached hydrogen (secondary N) is 1. The van der Waals surface area contributed by atoms with Crippen molar-refractivity contribution >= 4 is 38.5 Å². The van der Waals surface area contributed by atoms with E-state index in [-0.39, 0.29) is 24.1 Å². The standard InChI is InChI=1S/C23H27N3O7S/c1-6-31-21(27)19-11-15-7-9-17(12-18(15)26(19)22(28)33-23(2,3)4)32-20-10-8-16(13-24-20)25-14-34(5,29)30/h7-13,25H,6,14H2,1-5H3. The van der Waals surface area contributed by atoms with Gasteiger partial charge in [0.2, 0.25) is 5.88 Å². The lowest BCUT2D eigenvalue weighted by atomic mass is 10.2. The van der Waals surface area contributed by atoms with Crippen LogP contribution in [0.5, 0.6) is 11.6 Å². The number of aromatic nitrogens is 2. The van der Waals surface area contributed by atoms with Crippen LogP contribution in [0.25, 0.3) is 10.9 Å². The highest BCUT2D eigenvalue weighted by Gasteiger charge is 2.26. The molecule has 0 amide bonds. The quantitative estimate of drug-likeness (QED) is 0.486. The molecule has 11 heteroatoms. The minimum absolute atomic E-state index is 0.0441. The van der Waals surface area contributed by atoms with Crippen LogP contribution in [0.2, 0.25) is 0 Å². The maximum Gasteiger partial charge on any atom is 0.419 e. The topological polar surface area (TPSA) is 126 Å². The summed E-state index contributed by atoms with van der Waals surface area (Å²) in [6.07, 6.45) is 1.85. The molecule has 0 aliphatic heterocycles. The Kier molecular flexibility index (Phi) is 7.15. The molecule has 10 nitrogen and oxygen atoms in total. The monoisotopic (exact) mass is 489 g/mol. The Morgan fingerprint density at radius 3 is 2.44 bits per heavy atom. The average molecular weight is 490 g/mol. The molecule has 2 aromatic heterocycles. The van der Waals surface area contributed by atoms with Gasteiger partial charge in [-0.2, -0.15) is 0 Å². The molecule has 1 N–H and O–H groups in total. The maximum atomic E-state index is 12.9. The molecule has 3 rings (SSSR count). The van der Waals surface area contributed by atoms with Gasteiger partial charge in [-0.3, -0.25) is 0 Å². The number of carbonyl (C=O) groups excluding carboxylic acids is 2. The van der Waals surface area contributed by atoms with Crippen molar-refractivity contribution in [2.45, 2.75) is 33.3 Å². The van der Waals surface area contributed by atoms with E-state index in [9.17, 15) is 18.0 Å². The van der Waals surface area contributed by atoms with Crippen LogP contribution in [0.4, 0.5) is 10.5 Å². The van der Waals surface area contributed by atoms with Crippen molar-refractivity contribution in [3.05, 3.63) is 48.3 Å². The number of ether oxygens (including phenoxy) is 3. The Morgan fingerprint density at radius 1 is 1.12 bits per heavy atom. The van der Waals surface area contributed by atoms with Crippen molar-refractivity contribution < 1.29 is 32.2 Å². The summed E-state index contributed by atoms with van der Waals surface area (Å²) in [7, 11) is -3.18. The molecule has 0 aliphatic rings. The van der Waals surface area contributed by atoms with Crippen molar-refractivity contribution in [1.29, 1.82) is 0 Å². The molecule has 2 heterocycles. The lowest BCUT2D eigenvalue weighted by Gasteiger charge is -2.20. The van der Waals surface area contributed by atoms with Crippen LogP contribution in [-0.2, 0) is 19.3 Å². The fourth-order valence-corrected chi connectivity index (χ4v) is 3.41. The predicted molar refractivity (Wildman–Crippen MR) is 127 cm³/mol. The third-order valence-corrected chi connectivity index (χ3v) is 5.00. The fraction of sp³-hybridized carbons (Fsp3) is 0.348. The lowest BCUT2D eigenvalue weighted by molar-refractivity contribution is 0.0454. The van der Waals surface area contributed by atoms with Crippen LogP contribution in [0.1, 0.15) is 38.2 Å². The molecular weight excluding hydrogens is 462 g/mol. The zero-order chi connectivity index (χ0) is 25.1. The summed E-state index contributed by atoms with van der Waals surface area (Å²) in [6, 6.07) is 9.74. The number of hydrogen-bond donors (Lipinski definition) is 1. The lowest BCUT2D eigenvalue weighted by Crippen LogP contribution is -2.29. The number of esters is 1. The van der Waals surface area contributed by atoms with E-state index in [1.54, 1.807) is 64.1 Å². The van der Waals surface area contributed by atoms with Gasteiger partial charge in [-0.05, 0) is 52.0 Å². The van der Waals surface area contributed by atoms with Gasteiger partial charge in [-0.1, -0.05) is 0 Å². The second-order valence-electron chi connectivity index (χ2n) is 8.52. The van der Waals surface area contributed by atoms with E-state index in [0.29, 0.717) is 22.3 Å². The first kappa shape index (κ1) is 25.0. The first-order chi connectivity index (χ1) is 15.9. The largest absolute Gasteiger partial charge is 0.461 e. The number of fused-ring (bicyclic) bond motifs is 1. The smallest absolute Gasteiger partial charge is 0.419 e. The van der Waals surface area contributed by atoms with Gasteiger partial charge >= 0.3 is 12.1 Å². The van der Waals surface area contributed by atoms with Crippen molar-refractivity contribution in [2.24, 2.45) is 0 Å². The molecule has 0 atom stereocenters. The van der Waals surface area contributed by atoms with Gasteiger partial charge in [0.05, 0.1) is 24.0 Å². The summed E-state index contributed by atoms with van der Waals surface area (Å²) in [5.41, 5.74) is 0.194. The van der Waals surface area contributed by atoms with E-state index in [4.69, 9.17) is 14.2 Å². The Balaban J connectivity index is 1.92. The summed E-state index contributed by atoms with van der Waals surface area (Å²) >= 11 is 0. The Labute approximate surface area is 197 Å². The van der Waals surface area contributed by atoms with E-state index in [0.717, 1.165) is 10.8 Å². The van der Waals surface area contributed by atoms with Crippen LogP contribution in [0.3, 0.4) is 0 Å². The first-order valence-electron chi connectivity index (χ1n) is 10.5. The van der Waals surface area contributed by atoms with E-state index in [1.165, 1.54) is 6.20 Å². The summed E-state index contributed by atoms with van der Waals surface area (Å²) in [5, 5.41) is 3.38. The molecule has 0 aliphatic carbocycles. The molecule has 0 bridgehead atoms. The van der Waals surface area contributed by atoms with Gasteiger partial charge in [0.25, 0.3) is 0 Å². The zero-order valence-electron chi connectivity index (χ0n) is 19.6.